The van der Waals surface area contributed by atoms with Crippen LogP contribution in [0.3, 0.4) is 0 Å². The fourth-order valence-corrected chi connectivity index (χ4v) is 0. The Hall–Kier alpha value is 0.480. The summed E-state index contributed by atoms with van der Waals surface area (Å²) in [5.41, 5.74) is 0. The van der Waals surface area contributed by atoms with Crippen LogP contribution in [-0.2, 0) is 4.52 Å². The Balaban J connectivity index is 2.85. The molecule has 0 aliphatic rings. The minimum atomic E-state index is -1.65. The molecule has 0 aromatic rings. The van der Waals surface area contributed by atoms with Crippen molar-refractivity contribution in [1.82, 2.24) is 0 Å². The van der Waals surface area contributed by atoms with Crippen LogP contribution in [-0.4, -0.2) is 7.11 Å². The first-order chi connectivity index (χ1) is 2.27. The Kier molecular flexibility index (Phi) is 2.96. The molecule has 1 atom stereocenters. The topological polar surface area (TPSA) is 33.1 Å². The minimum absolute atomic E-state index is 1.42. The molecule has 32 valence electrons. The van der Waals surface area contributed by atoms with E-state index in [-0.39, 0.29) is 0 Å². The highest BCUT2D eigenvalue weighted by molar-refractivity contribution is 7.70. The van der Waals surface area contributed by atoms with E-state index in [4.69, 9.17) is 16.4 Å². The Morgan fingerprint density at radius 2 is 2.20 bits per heavy atom. The first-order valence-electron chi connectivity index (χ1n) is 1.05. The molecule has 0 saturated heterocycles. The average Bonchev–Trinajstić information content (AvgIpc) is 1.38. The summed E-state index contributed by atoms with van der Waals surface area (Å²) < 4.78 is 4.28. The molecular formula is CH5ClNOP. The van der Waals surface area contributed by atoms with E-state index in [0.29, 0.717) is 0 Å². The third-order valence-electron chi connectivity index (χ3n) is 0.179. The van der Waals surface area contributed by atoms with Gasteiger partial charge in [-0.1, -0.05) is 11.2 Å². The summed E-state index contributed by atoms with van der Waals surface area (Å²) in [7, 11) is -0.227. The summed E-state index contributed by atoms with van der Waals surface area (Å²) in [6.45, 7) is 0. The van der Waals surface area contributed by atoms with E-state index < -0.39 is 7.29 Å². The van der Waals surface area contributed by atoms with Gasteiger partial charge >= 0.3 is 0 Å². The number of halogens is 1. The van der Waals surface area contributed by atoms with Crippen molar-refractivity contribution in [3.05, 3.63) is 0 Å². The molecule has 0 aromatic heterocycles. The molecule has 0 aromatic carbocycles. The molecule has 1 unspecified atom stereocenters. The largest absolute Gasteiger partial charge is 0.338 e. The van der Waals surface area contributed by atoms with Gasteiger partial charge in [0, 0.05) is 7.11 Å². The van der Waals surface area contributed by atoms with Crippen molar-refractivity contribution in [3.8, 4) is 0 Å². The van der Waals surface area contributed by atoms with Crippen molar-refractivity contribution < 1.29 is 4.52 Å². The smallest absolute Gasteiger partial charge is 0.157 e. The van der Waals surface area contributed by atoms with Crippen LogP contribution in [0.15, 0.2) is 0 Å². The van der Waals surface area contributed by atoms with E-state index in [1.54, 1.807) is 0 Å². The van der Waals surface area contributed by atoms with Crippen LogP contribution in [0.5, 0.6) is 0 Å². The third kappa shape index (κ3) is 4.48. The van der Waals surface area contributed by atoms with Gasteiger partial charge in [-0.3, -0.25) is 5.16 Å². The van der Waals surface area contributed by atoms with Crippen molar-refractivity contribution in [2.75, 3.05) is 7.11 Å². The third-order valence-corrected chi connectivity index (χ3v) is 1.00. The van der Waals surface area contributed by atoms with E-state index in [0.717, 1.165) is 0 Å². The van der Waals surface area contributed by atoms with Gasteiger partial charge < -0.3 is 4.52 Å². The van der Waals surface area contributed by atoms with E-state index in [1.807, 2.05) is 0 Å². The maximum atomic E-state index is 6.47. The van der Waals surface area contributed by atoms with Crippen molar-refractivity contribution >= 4 is 18.5 Å². The fourth-order valence-electron chi connectivity index (χ4n) is 0. The molecule has 0 rings (SSSR count). The van der Waals surface area contributed by atoms with Gasteiger partial charge in [-0.05, 0) is 0 Å². The van der Waals surface area contributed by atoms with E-state index in [1.165, 1.54) is 7.11 Å². The summed E-state index contributed by atoms with van der Waals surface area (Å²) in [6.07, 6.45) is 0. The molecule has 2 nitrogen and oxygen atoms in total. The predicted octanol–water partition coefficient (Wildman–Crippen LogP) is 1.68. The zero-order chi connectivity index (χ0) is 4.28. The van der Waals surface area contributed by atoms with Crippen molar-refractivity contribution in [3.63, 3.8) is 0 Å². The molecule has 0 bridgehead atoms. The summed E-state index contributed by atoms with van der Waals surface area (Å²) in [5.74, 6) is 0. The van der Waals surface area contributed by atoms with Gasteiger partial charge in [0.1, 0.15) is 0 Å². The highest BCUT2D eigenvalue weighted by Gasteiger charge is 1.69. The summed E-state index contributed by atoms with van der Waals surface area (Å²) in [5, 5.41) is 6.47. The zero-order valence-electron chi connectivity index (χ0n) is 2.79. The first kappa shape index (κ1) is 5.48. The van der Waals surface area contributed by atoms with Gasteiger partial charge in [0.25, 0.3) is 0 Å². The summed E-state index contributed by atoms with van der Waals surface area (Å²) in [6, 6.07) is 0. The maximum absolute atomic E-state index is 6.47. The highest BCUT2D eigenvalue weighted by atomic mass is 35.7. The molecule has 5 heavy (non-hydrogen) atoms. The molecule has 0 saturated carbocycles. The zero-order valence-corrected chi connectivity index (χ0v) is 4.54. The Bertz CT molecular complexity index is 46.9. The SMILES string of the molecule is CO[PH](=N)Cl. The second-order valence-corrected chi connectivity index (χ2v) is 2.46. The number of hydrogen-bond donors (Lipinski definition) is 1. The first-order valence-corrected chi connectivity index (χ1v) is 3.47. The minimum Gasteiger partial charge on any atom is -0.338 e. The number of hydrogen-bond acceptors (Lipinski definition) is 2. The van der Waals surface area contributed by atoms with Crippen LogP contribution in [0.1, 0.15) is 0 Å². The summed E-state index contributed by atoms with van der Waals surface area (Å²) >= 11 is 5.01. The second-order valence-electron chi connectivity index (χ2n) is 0.478. The van der Waals surface area contributed by atoms with Crippen LogP contribution in [0, 0.1) is 5.16 Å². The lowest BCUT2D eigenvalue weighted by atomic mass is 11.8. The Morgan fingerprint density at radius 3 is 2.20 bits per heavy atom. The van der Waals surface area contributed by atoms with E-state index in [9.17, 15) is 0 Å². The van der Waals surface area contributed by atoms with Crippen molar-refractivity contribution in [1.29, 1.82) is 5.16 Å². The normalized spacial score (nSPS) is 14.8. The molecule has 1 N–H and O–H groups in total. The molecule has 0 aliphatic carbocycles. The van der Waals surface area contributed by atoms with Crippen molar-refractivity contribution in [2.45, 2.75) is 0 Å². The van der Waals surface area contributed by atoms with Gasteiger partial charge in [0.15, 0.2) is 7.29 Å². The molecule has 0 spiro atoms. The lowest BCUT2D eigenvalue weighted by Crippen LogP contribution is -1.49. The quantitative estimate of drug-likeness (QED) is 0.516. The summed E-state index contributed by atoms with van der Waals surface area (Å²) in [4.78, 5) is 0. The van der Waals surface area contributed by atoms with Crippen LogP contribution >= 0.6 is 18.5 Å². The van der Waals surface area contributed by atoms with Crippen LogP contribution < -0.4 is 0 Å². The number of nitrogens with one attached hydrogen (secondary N) is 1. The lowest BCUT2D eigenvalue weighted by molar-refractivity contribution is 0.476. The van der Waals surface area contributed by atoms with Gasteiger partial charge in [0.2, 0.25) is 0 Å². The van der Waals surface area contributed by atoms with E-state index in [2.05, 4.69) is 4.52 Å². The van der Waals surface area contributed by atoms with Crippen LogP contribution in [0.2, 0.25) is 0 Å². The molecular weight excluding hydrogens is 108 g/mol. The maximum Gasteiger partial charge on any atom is 0.157 e. The molecule has 0 fully saturated rings. The van der Waals surface area contributed by atoms with Gasteiger partial charge in [-0.2, -0.15) is 0 Å². The van der Waals surface area contributed by atoms with Crippen LogP contribution in [0.25, 0.3) is 0 Å². The van der Waals surface area contributed by atoms with Crippen molar-refractivity contribution in [2.24, 2.45) is 0 Å². The average molecular weight is 113 g/mol. The van der Waals surface area contributed by atoms with E-state index >= 15 is 0 Å². The molecule has 0 heterocycles. The molecule has 0 amide bonds. The highest BCUT2D eigenvalue weighted by Crippen LogP contribution is 2.25. The standard InChI is InChI=1S/CH5ClNOP/c1-4-5(2)3/h3,5H,1H3. The van der Waals surface area contributed by atoms with Gasteiger partial charge in [0.05, 0.1) is 0 Å². The van der Waals surface area contributed by atoms with Gasteiger partial charge in [-0.15, -0.1) is 0 Å². The second kappa shape index (κ2) is 2.70. The number of rotatable bonds is 1. The predicted molar refractivity (Wildman–Crippen MR) is 23.9 cm³/mol. The Morgan fingerprint density at radius 1 is 2.00 bits per heavy atom. The fraction of sp³-hybridized carbons (Fsp3) is 1.00. The monoisotopic (exact) mass is 113 g/mol. The van der Waals surface area contributed by atoms with Crippen LogP contribution in [0.4, 0.5) is 0 Å². The Labute approximate surface area is 36.2 Å². The molecule has 4 heteroatoms. The molecule has 0 radical (unpaired) electrons. The van der Waals surface area contributed by atoms with Gasteiger partial charge in [-0.25, -0.2) is 0 Å². The lowest BCUT2D eigenvalue weighted by Gasteiger charge is -1.81. The molecule has 0 aliphatic heterocycles.